The minimum absolute atomic E-state index is 0.0280. The summed E-state index contributed by atoms with van der Waals surface area (Å²) < 4.78 is 56.8. The van der Waals surface area contributed by atoms with Crippen molar-refractivity contribution in [3.63, 3.8) is 0 Å². The Hall–Kier alpha value is -4.26. The standard InChI is InChI=1S/C39H50FN7O6S/c1-6-44(5)54(50,51)43-33-10-8-31(40)34(30(33)22-41)52-28-7-9-32-29(19-28)35(48)47(25-42-32)27-20-38(21-27)15-17-45(18-16-38)26-11-13-39(14-12-26)23-46(24-39)36(49)53-37(2,3)4/h7-10,19,25-27,43H,6,11-18,20-21,23-24H2,1-5H3. The third kappa shape index (κ3) is 7.40. The first-order chi connectivity index (χ1) is 25.5. The van der Waals surface area contributed by atoms with Crippen molar-refractivity contribution in [3.05, 3.63) is 58.4 Å². The fourth-order valence-corrected chi connectivity index (χ4v) is 9.76. The van der Waals surface area contributed by atoms with Crippen molar-refractivity contribution in [2.45, 2.75) is 96.7 Å². The van der Waals surface area contributed by atoms with Gasteiger partial charge in [0, 0.05) is 44.2 Å². The number of aromatic nitrogens is 2. The van der Waals surface area contributed by atoms with E-state index in [1.54, 1.807) is 23.9 Å². The number of nitriles is 1. The van der Waals surface area contributed by atoms with Gasteiger partial charge < -0.3 is 19.3 Å². The lowest BCUT2D eigenvalue weighted by molar-refractivity contribution is -0.0681. The number of rotatable bonds is 8. The normalized spacial score (nSPS) is 21.4. The number of nitrogens with zero attached hydrogens (tertiary/aromatic N) is 6. The van der Waals surface area contributed by atoms with Crippen molar-refractivity contribution < 1.29 is 27.1 Å². The van der Waals surface area contributed by atoms with Crippen LogP contribution in [0.15, 0.2) is 41.5 Å². The third-order valence-corrected chi connectivity index (χ3v) is 13.7. The number of fused-ring (bicyclic) bond motifs is 1. The van der Waals surface area contributed by atoms with Crippen molar-refractivity contribution >= 4 is 32.9 Å². The van der Waals surface area contributed by atoms with Gasteiger partial charge in [-0.05, 0) is 121 Å². The fraction of sp³-hybridized carbons (Fsp3) is 0.590. The predicted octanol–water partition coefficient (Wildman–Crippen LogP) is 6.40. The third-order valence-electron chi connectivity index (χ3n) is 12.1. The Labute approximate surface area is 316 Å². The summed E-state index contributed by atoms with van der Waals surface area (Å²) in [6.45, 7) is 11.3. The Balaban J connectivity index is 0.961. The molecule has 1 amide bonds. The van der Waals surface area contributed by atoms with Crippen LogP contribution < -0.4 is 15.0 Å². The summed E-state index contributed by atoms with van der Waals surface area (Å²) >= 11 is 0. The molecule has 2 saturated carbocycles. The number of benzene rings is 2. The van der Waals surface area contributed by atoms with Gasteiger partial charge in [0.05, 0.1) is 22.9 Å². The molecule has 15 heteroatoms. The van der Waals surface area contributed by atoms with Crippen molar-refractivity contribution in [1.82, 2.24) is 23.7 Å². The maximum atomic E-state index is 15.0. The highest BCUT2D eigenvalue weighted by Gasteiger charge is 2.51. The average molecular weight is 764 g/mol. The monoisotopic (exact) mass is 763 g/mol. The molecule has 0 atom stereocenters. The zero-order valence-electron chi connectivity index (χ0n) is 31.7. The lowest BCUT2D eigenvalue weighted by Gasteiger charge is -2.56. The summed E-state index contributed by atoms with van der Waals surface area (Å²) in [6, 6.07) is 9.28. The summed E-state index contributed by atoms with van der Waals surface area (Å²) in [5, 5.41) is 10.2. The van der Waals surface area contributed by atoms with Gasteiger partial charge in [-0.15, -0.1) is 0 Å². The molecule has 2 aliphatic heterocycles. The van der Waals surface area contributed by atoms with E-state index in [9.17, 15) is 23.3 Å². The smallest absolute Gasteiger partial charge is 0.410 e. The molecule has 2 spiro atoms. The van der Waals surface area contributed by atoms with Crippen LogP contribution in [0.2, 0.25) is 0 Å². The van der Waals surface area contributed by atoms with E-state index in [0.717, 1.165) is 87.9 Å². The second-order valence-electron chi connectivity index (χ2n) is 16.8. The molecule has 4 aliphatic rings. The molecule has 1 aromatic heterocycles. The Morgan fingerprint density at radius 2 is 1.76 bits per heavy atom. The summed E-state index contributed by atoms with van der Waals surface area (Å²) in [7, 11) is -2.61. The van der Waals surface area contributed by atoms with Crippen LogP contribution in [0.5, 0.6) is 11.5 Å². The molecule has 290 valence electrons. The topological polar surface area (TPSA) is 150 Å². The highest BCUT2D eigenvalue weighted by molar-refractivity contribution is 7.90. The number of nitrogens with one attached hydrogen (secondary N) is 1. The van der Waals surface area contributed by atoms with Crippen molar-refractivity contribution in [1.29, 1.82) is 5.26 Å². The van der Waals surface area contributed by atoms with Crippen molar-refractivity contribution in [2.24, 2.45) is 10.8 Å². The number of likely N-dealkylation sites (tertiary alicyclic amines) is 2. The van der Waals surface area contributed by atoms with Gasteiger partial charge >= 0.3 is 16.3 Å². The second kappa shape index (κ2) is 14.1. The van der Waals surface area contributed by atoms with Crippen LogP contribution in [0.4, 0.5) is 14.9 Å². The van der Waals surface area contributed by atoms with Gasteiger partial charge in [0.15, 0.2) is 11.6 Å². The van der Waals surface area contributed by atoms with Gasteiger partial charge in [-0.2, -0.15) is 18.0 Å². The lowest BCUT2D eigenvalue weighted by atomic mass is 9.60. The Morgan fingerprint density at radius 3 is 2.39 bits per heavy atom. The molecule has 13 nitrogen and oxygen atoms in total. The van der Waals surface area contributed by atoms with Gasteiger partial charge in [0.1, 0.15) is 23.0 Å². The Kier molecular flexibility index (Phi) is 9.93. The van der Waals surface area contributed by atoms with Gasteiger partial charge in [-0.3, -0.25) is 14.1 Å². The molecule has 3 heterocycles. The maximum absolute atomic E-state index is 15.0. The van der Waals surface area contributed by atoms with Gasteiger partial charge in [0.25, 0.3) is 5.56 Å². The van der Waals surface area contributed by atoms with Gasteiger partial charge in [0.2, 0.25) is 0 Å². The minimum Gasteiger partial charge on any atom is -0.453 e. The Morgan fingerprint density at radius 1 is 1.07 bits per heavy atom. The van der Waals surface area contributed by atoms with E-state index < -0.39 is 27.4 Å². The molecular weight excluding hydrogens is 714 g/mol. The van der Waals surface area contributed by atoms with Crippen LogP contribution in [0, 0.1) is 28.0 Å². The molecule has 2 aliphatic carbocycles. The molecule has 0 unspecified atom stereocenters. The van der Waals surface area contributed by atoms with E-state index in [0.29, 0.717) is 16.9 Å². The van der Waals surface area contributed by atoms with Crippen molar-refractivity contribution in [3.8, 4) is 17.6 Å². The number of anilines is 1. The summed E-state index contributed by atoms with van der Waals surface area (Å²) in [4.78, 5) is 35.3. The van der Waals surface area contributed by atoms with Crippen LogP contribution in [-0.4, -0.2) is 89.6 Å². The summed E-state index contributed by atoms with van der Waals surface area (Å²) in [6.07, 6.45) is 10.0. The number of ether oxygens (including phenoxy) is 2. The number of amides is 1. The molecule has 54 heavy (non-hydrogen) atoms. The zero-order valence-corrected chi connectivity index (χ0v) is 32.5. The molecule has 0 radical (unpaired) electrons. The highest BCUT2D eigenvalue weighted by Crippen LogP contribution is 2.55. The van der Waals surface area contributed by atoms with Crippen LogP contribution in [0.1, 0.15) is 90.7 Å². The van der Waals surface area contributed by atoms with Crippen LogP contribution in [0.3, 0.4) is 0 Å². The first-order valence-corrected chi connectivity index (χ1v) is 20.3. The number of carbonyl (C=O) groups excluding carboxylic acids is 1. The number of hydrogen-bond acceptors (Lipinski definition) is 9. The molecule has 1 N–H and O–H groups in total. The maximum Gasteiger partial charge on any atom is 0.410 e. The van der Waals surface area contributed by atoms with E-state index in [4.69, 9.17) is 9.47 Å². The van der Waals surface area contributed by atoms with E-state index in [2.05, 4.69) is 14.6 Å². The largest absolute Gasteiger partial charge is 0.453 e. The molecule has 4 fully saturated rings. The minimum atomic E-state index is -3.99. The second-order valence-corrected chi connectivity index (χ2v) is 18.6. The molecule has 0 bridgehead atoms. The van der Waals surface area contributed by atoms with Crippen LogP contribution in [-0.2, 0) is 14.9 Å². The Bertz CT molecular complexity index is 2130. The lowest BCUT2D eigenvalue weighted by Crippen LogP contribution is -2.61. The summed E-state index contributed by atoms with van der Waals surface area (Å²) in [5.41, 5.74) is -0.227. The molecule has 2 aromatic carbocycles. The number of carbonyl (C=O) groups is 1. The fourth-order valence-electron chi connectivity index (χ4n) is 8.82. The van der Waals surface area contributed by atoms with E-state index in [1.165, 1.54) is 25.2 Å². The quantitative estimate of drug-likeness (QED) is 0.275. The number of piperidine rings is 1. The van der Waals surface area contributed by atoms with Crippen LogP contribution in [0.25, 0.3) is 10.9 Å². The van der Waals surface area contributed by atoms with E-state index in [1.807, 2.05) is 31.7 Å². The first kappa shape index (κ1) is 38.0. The van der Waals surface area contributed by atoms with E-state index in [-0.39, 0.29) is 52.1 Å². The van der Waals surface area contributed by atoms with E-state index >= 15 is 4.39 Å². The molecule has 3 aromatic rings. The molecule has 2 saturated heterocycles. The SMILES string of the molecule is CCN(C)S(=O)(=O)Nc1ccc(F)c(Oc2ccc3ncn(C4CC5(CCN(C6CCC7(CC6)CN(C(=O)OC(C)(C)C)C7)CC5)C4)c(=O)c3c2)c1C#N. The zero-order chi connectivity index (χ0) is 38.6. The molecule has 7 rings (SSSR count). The molecular formula is C39H50FN7O6S. The first-order valence-electron chi connectivity index (χ1n) is 18.9. The number of halogens is 1. The predicted molar refractivity (Wildman–Crippen MR) is 202 cm³/mol. The van der Waals surface area contributed by atoms with Gasteiger partial charge in [-0.1, -0.05) is 6.92 Å². The highest BCUT2D eigenvalue weighted by atomic mass is 32.2. The van der Waals surface area contributed by atoms with Crippen LogP contribution >= 0.6 is 0 Å². The van der Waals surface area contributed by atoms with Gasteiger partial charge in [-0.25, -0.2) is 14.2 Å². The summed E-state index contributed by atoms with van der Waals surface area (Å²) in [5.74, 6) is -1.19. The average Bonchev–Trinajstić information content (AvgIpc) is 3.10. The van der Waals surface area contributed by atoms with Crippen molar-refractivity contribution in [2.75, 3.05) is 44.5 Å². The number of hydrogen-bond donors (Lipinski definition) is 1.